The first-order valence-electron chi connectivity index (χ1n) is 11.7. The van der Waals surface area contributed by atoms with Crippen molar-refractivity contribution in [3.63, 3.8) is 0 Å². The van der Waals surface area contributed by atoms with Gasteiger partial charge >= 0.3 is 0 Å². The molecule has 0 aromatic heterocycles. The summed E-state index contributed by atoms with van der Waals surface area (Å²) in [6.07, 6.45) is 3.43. The van der Waals surface area contributed by atoms with E-state index >= 15 is 0 Å². The van der Waals surface area contributed by atoms with Crippen molar-refractivity contribution in [3.05, 3.63) is 124 Å². The molecule has 3 aromatic rings. The van der Waals surface area contributed by atoms with Gasteiger partial charge < -0.3 is 20.2 Å². The summed E-state index contributed by atoms with van der Waals surface area (Å²) in [6.45, 7) is 4.49. The predicted molar refractivity (Wildman–Crippen MR) is 136 cm³/mol. The molecule has 5 heteroatoms. The van der Waals surface area contributed by atoms with E-state index in [1.807, 2.05) is 36.4 Å². The average Bonchev–Trinajstić information content (AvgIpc) is 3.51. The standard InChI is InChI=1S/C30H27NO4/c1-19-17-23(19)18-22(5-4-16-31-29(34)26-6-2-3-7-27(26)30(31)35)28(20-8-12-24(32)13-9-20)21-10-14-25(33)15-11-21/h2-3,6-15,18,29,32-34H,1,4-5,16-17H2/b23-18+. The highest BCUT2D eigenvalue weighted by molar-refractivity contribution is 5.98. The van der Waals surface area contributed by atoms with Gasteiger partial charge in [-0.05, 0) is 83.0 Å². The Morgan fingerprint density at radius 3 is 2.06 bits per heavy atom. The molecule has 35 heavy (non-hydrogen) atoms. The number of amides is 1. The minimum atomic E-state index is -0.929. The maximum Gasteiger partial charge on any atom is 0.256 e. The van der Waals surface area contributed by atoms with Crippen molar-refractivity contribution in [1.82, 2.24) is 4.90 Å². The molecule has 1 aliphatic carbocycles. The normalized spacial score (nSPS) is 17.6. The van der Waals surface area contributed by atoms with E-state index in [0.717, 1.165) is 34.3 Å². The van der Waals surface area contributed by atoms with Gasteiger partial charge in [0, 0.05) is 17.7 Å². The molecule has 1 unspecified atom stereocenters. The summed E-state index contributed by atoms with van der Waals surface area (Å²) in [5.41, 5.74) is 7.47. The molecule has 5 rings (SSSR count). The molecule has 1 fully saturated rings. The van der Waals surface area contributed by atoms with Gasteiger partial charge in [0.05, 0.1) is 0 Å². The zero-order chi connectivity index (χ0) is 24.5. The molecule has 1 amide bonds. The van der Waals surface area contributed by atoms with Gasteiger partial charge in [0.1, 0.15) is 11.5 Å². The van der Waals surface area contributed by atoms with Gasteiger partial charge in [-0.1, -0.05) is 55.1 Å². The molecule has 0 saturated heterocycles. The highest BCUT2D eigenvalue weighted by Crippen LogP contribution is 2.40. The van der Waals surface area contributed by atoms with Crippen LogP contribution in [0.4, 0.5) is 0 Å². The lowest BCUT2D eigenvalue weighted by atomic mass is 9.90. The third-order valence-electron chi connectivity index (χ3n) is 6.59. The number of phenolic OH excluding ortho intramolecular Hbond substituents is 2. The van der Waals surface area contributed by atoms with Gasteiger partial charge in [-0.25, -0.2) is 0 Å². The van der Waals surface area contributed by atoms with Crippen LogP contribution in [0.15, 0.2) is 102 Å². The smallest absolute Gasteiger partial charge is 0.256 e. The Bertz CT molecular complexity index is 1300. The second kappa shape index (κ2) is 9.28. The van der Waals surface area contributed by atoms with Crippen LogP contribution in [0.25, 0.3) is 5.57 Å². The van der Waals surface area contributed by atoms with Crippen LogP contribution in [-0.2, 0) is 0 Å². The van der Waals surface area contributed by atoms with Crippen molar-refractivity contribution in [2.75, 3.05) is 6.54 Å². The number of aliphatic hydroxyl groups excluding tert-OH is 1. The van der Waals surface area contributed by atoms with Crippen LogP contribution in [0.3, 0.4) is 0 Å². The minimum Gasteiger partial charge on any atom is -0.508 e. The molecule has 0 bridgehead atoms. The van der Waals surface area contributed by atoms with E-state index in [9.17, 15) is 20.1 Å². The first kappa shape index (κ1) is 22.7. The van der Waals surface area contributed by atoms with Crippen molar-refractivity contribution in [2.24, 2.45) is 0 Å². The SMILES string of the molecule is C=C1C/C1=C\C(CCCN1C(=O)c2ccccc2C1O)=C(c1ccc(O)cc1)c1ccc(O)cc1. The number of benzene rings is 3. The van der Waals surface area contributed by atoms with E-state index in [4.69, 9.17) is 0 Å². The summed E-state index contributed by atoms with van der Waals surface area (Å²) >= 11 is 0. The van der Waals surface area contributed by atoms with Crippen molar-refractivity contribution in [2.45, 2.75) is 25.5 Å². The molecule has 5 nitrogen and oxygen atoms in total. The Morgan fingerprint density at radius 2 is 1.51 bits per heavy atom. The maximum absolute atomic E-state index is 12.8. The van der Waals surface area contributed by atoms with Gasteiger partial charge in [-0.3, -0.25) is 4.79 Å². The molecular formula is C30H27NO4. The molecule has 176 valence electrons. The Balaban J connectivity index is 1.48. The lowest BCUT2D eigenvalue weighted by Crippen LogP contribution is -2.29. The first-order chi connectivity index (χ1) is 16.9. The van der Waals surface area contributed by atoms with Crippen molar-refractivity contribution < 1.29 is 20.1 Å². The minimum absolute atomic E-state index is 0.148. The number of carbonyl (C=O) groups is 1. The number of hydrogen-bond donors (Lipinski definition) is 3. The van der Waals surface area contributed by atoms with E-state index in [0.29, 0.717) is 30.5 Å². The second-order valence-corrected chi connectivity index (χ2v) is 9.01. The molecule has 3 aromatic carbocycles. The quantitative estimate of drug-likeness (QED) is 0.417. The number of rotatable bonds is 7. The molecule has 3 N–H and O–H groups in total. The van der Waals surface area contributed by atoms with Crippen LogP contribution < -0.4 is 0 Å². The Kier molecular flexibility index (Phi) is 6.01. The number of phenols is 2. The van der Waals surface area contributed by atoms with E-state index in [1.54, 1.807) is 36.4 Å². The molecule has 1 saturated carbocycles. The molecule has 0 spiro atoms. The van der Waals surface area contributed by atoms with Gasteiger partial charge in [0.2, 0.25) is 0 Å². The molecule has 1 heterocycles. The summed E-state index contributed by atoms with van der Waals surface area (Å²) in [5.74, 6) is 0.232. The van der Waals surface area contributed by atoms with Crippen LogP contribution in [0.5, 0.6) is 11.5 Å². The van der Waals surface area contributed by atoms with E-state index < -0.39 is 6.23 Å². The maximum atomic E-state index is 12.8. The number of carbonyl (C=O) groups excluding carboxylic acids is 1. The lowest BCUT2D eigenvalue weighted by molar-refractivity contribution is 0.0173. The molecular weight excluding hydrogens is 438 g/mol. The molecule has 1 aliphatic heterocycles. The topological polar surface area (TPSA) is 81.0 Å². The van der Waals surface area contributed by atoms with Gasteiger partial charge in [-0.15, -0.1) is 0 Å². The van der Waals surface area contributed by atoms with Crippen LogP contribution in [-0.4, -0.2) is 32.7 Å². The molecule has 2 aliphatic rings. The second-order valence-electron chi connectivity index (χ2n) is 9.01. The first-order valence-corrected chi connectivity index (χ1v) is 11.7. The van der Waals surface area contributed by atoms with Crippen LogP contribution in [0, 0.1) is 0 Å². The summed E-state index contributed by atoms with van der Waals surface area (Å²) < 4.78 is 0. The highest BCUT2D eigenvalue weighted by Gasteiger charge is 2.34. The third-order valence-corrected chi connectivity index (χ3v) is 6.59. The molecule has 0 radical (unpaired) electrons. The van der Waals surface area contributed by atoms with Crippen molar-refractivity contribution >= 4 is 11.5 Å². The fourth-order valence-electron chi connectivity index (χ4n) is 4.63. The zero-order valence-corrected chi connectivity index (χ0v) is 19.3. The summed E-state index contributed by atoms with van der Waals surface area (Å²) in [4.78, 5) is 14.4. The van der Waals surface area contributed by atoms with Crippen molar-refractivity contribution in [1.29, 1.82) is 0 Å². The van der Waals surface area contributed by atoms with E-state index in [1.165, 1.54) is 10.5 Å². The van der Waals surface area contributed by atoms with E-state index in [2.05, 4.69) is 12.7 Å². The number of nitrogens with zero attached hydrogens (tertiary/aromatic N) is 1. The van der Waals surface area contributed by atoms with Crippen LogP contribution in [0.2, 0.25) is 0 Å². The third kappa shape index (κ3) is 4.63. The number of aromatic hydroxyl groups is 2. The highest BCUT2D eigenvalue weighted by atomic mass is 16.3. The van der Waals surface area contributed by atoms with E-state index in [-0.39, 0.29) is 17.4 Å². The number of allylic oxidation sites excluding steroid dienone is 4. The van der Waals surface area contributed by atoms with Gasteiger partial charge in [0.25, 0.3) is 5.91 Å². The number of fused-ring (bicyclic) bond motifs is 1. The largest absolute Gasteiger partial charge is 0.508 e. The fraction of sp³-hybridized carbons (Fsp3) is 0.167. The summed E-state index contributed by atoms with van der Waals surface area (Å²) in [6, 6.07) is 21.3. The monoisotopic (exact) mass is 465 g/mol. The Morgan fingerprint density at radius 1 is 0.943 bits per heavy atom. The van der Waals surface area contributed by atoms with Crippen LogP contribution >= 0.6 is 0 Å². The Labute approximate surface area is 204 Å². The predicted octanol–water partition coefficient (Wildman–Crippen LogP) is 5.71. The summed E-state index contributed by atoms with van der Waals surface area (Å²) in [7, 11) is 0. The zero-order valence-electron chi connectivity index (χ0n) is 19.3. The number of aliphatic hydroxyl groups is 1. The van der Waals surface area contributed by atoms with Crippen LogP contribution in [0.1, 0.15) is 52.5 Å². The van der Waals surface area contributed by atoms with Crippen molar-refractivity contribution in [3.8, 4) is 11.5 Å². The summed E-state index contributed by atoms with van der Waals surface area (Å²) in [5, 5.41) is 30.4. The van der Waals surface area contributed by atoms with Gasteiger partial charge in [0.15, 0.2) is 6.23 Å². The number of hydrogen-bond acceptors (Lipinski definition) is 4. The lowest BCUT2D eigenvalue weighted by Gasteiger charge is -2.21. The van der Waals surface area contributed by atoms with Gasteiger partial charge in [-0.2, -0.15) is 0 Å². The average molecular weight is 466 g/mol. The Hall–Kier alpha value is -4.09. The fourth-order valence-corrected chi connectivity index (χ4v) is 4.63. The molecule has 1 atom stereocenters.